The van der Waals surface area contributed by atoms with E-state index in [0.717, 1.165) is 17.1 Å². The number of hydrogen-bond acceptors (Lipinski definition) is 3. The first-order chi connectivity index (χ1) is 7.75. The van der Waals surface area contributed by atoms with E-state index in [4.69, 9.17) is 5.73 Å². The molecule has 0 spiro atoms. The lowest BCUT2D eigenvalue weighted by molar-refractivity contribution is 0.745. The summed E-state index contributed by atoms with van der Waals surface area (Å²) in [6.45, 7) is 2.07. The molecule has 0 bridgehead atoms. The van der Waals surface area contributed by atoms with Gasteiger partial charge in [-0.05, 0) is 37.5 Å². The summed E-state index contributed by atoms with van der Waals surface area (Å²) < 4.78 is 2.15. The van der Waals surface area contributed by atoms with E-state index >= 15 is 0 Å². The molecule has 1 heterocycles. The Morgan fingerprint density at radius 3 is 2.94 bits per heavy atom. The summed E-state index contributed by atoms with van der Waals surface area (Å²) >= 11 is 0. The Labute approximate surface area is 94.1 Å². The quantitative estimate of drug-likeness (QED) is 0.779. The number of nitrogens with zero attached hydrogens (tertiary/aromatic N) is 3. The summed E-state index contributed by atoms with van der Waals surface area (Å²) in [6.07, 6.45) is 4.27. The molecule has 0 amide bonds. The standard InChI is InChI=1S/C12H14N4/c1-8-2-3-9(13)6-11(8)12-15-14-7-16(12)10-4-5-10/h2-3,6-7,10H,4-5,13H2,1H3. The van der Waals surface area contributed by atoms with Crippen molar-refractivity contribution in [3.05, 3.63) is 30.1 Å². The second-order valence-corrected chi connectivity index (χ2v) is 4.37. The summed E-state index contributed by atoms with van der Waals surface area (Å²) in [6, 6.07) is 6.50. The fourth-order valence-corrected chi connectivity index (χ4v) is 1.94. The molecule has 1 aromatic heterocycles. The molecule has 1 fully saturated rings. The molecule has 4 nitrogen and oxygen atoms in total. The van der Waals surface area contributed by atoms with Crippen molar-refractivity contribution in [2.24, 2.45) is 0 Å². The van der Waals surface area contributed by atoms with Crippen molar-refractivity contribution in [3.8, 4) is 11.4 Å². The molecule has 2 N–H and O–H groups in total. The maximum absolute atomic E-state index is 5.82. The maximum atomic E-state index is 5.82. The smallest absolute Gasteiger partial charge is 0.164 e. The van der Waals surface area contributed by atoms with Gasteiger partial charge in [-0.25, -0.2) is 0 Å². The number of rotatable bonds is 2. The molecule has 4 heteroatoms. The second-order valence-electron chi connectivity index (χ2n) is 4.37. The van der Waals surface area contributed by atoms with Crippen LogP contribution in [0.15, 0.2) is 24.5 Å². The van der Waals surface area contributed by atoms with Crippen LogP contribution in [0.5, 0.6) is 0 Å². The molecule has 3 rings (SSSR count). The van der Waals surface area contributed by atoms with Gasteiger partial charge in [-0.3, -0.25) is 0 Å². The molecule has 1 aliphatic carbocycles. The highest BCUT2D eigenvalue weighted by atomic mass is 15.3. The van der Waals surface area contributed by atoms with Gasteiger partial charge in [0.05, 0.1) is 0 Å². The lowest BCUT2D eigenvalue weighted by Gasteiger charge is -2.08. The summed E-state index contributed by atoms with van der Waals surface area (Å²) in [5, 5.41) is 8.21. The first-order valence-electron chi connectivity index (χ1n) is 5.52. The Kier molecular flexibility index (Phi) is 1.96. The number of hydrogen-bond donors (Lipinski definition) is 1. The van der Waals surface area contributed by atoms with Crippen LogP contribution in [0.1, 0.15) is 24.4 Å². The Morgan fingerprint density at radius 1 is 1.38 bits per heavy atom. The van der Waals surface area contributed by atoms with Gasteiger partial charge in [0.2, 0.25) is 0 Å². The molecule has 0 unspecified atom stereocenters. The molecular weight excluding hydrogens is 200 g/mol. The monoisotopic (exact) mass is 214 g/mol. The van der Waals surface area contributed by atoms with Gasteiger partial charge >= 0.3 is 0 Å². The average Bonchev–Trinajstić information content (AvgIpc) is 3.01. The zero-order chi connectivity index (χ0) is 11.1. The third-order valence-electron chi connectivity index (χ3n) is 3.02. The topological polar surface area (TPSA) is 56.7 Å². The summed E-state index contributed by atoms with van der Waals surface area (Å²) in [4.78, 5) is 0. The Morgan fingerprint density at radius 2 is 2.19 bits per heavy atom. The molecule has 0 aliphatic heterocycles. The van der Waals surface area contributed by atoms with Crippen LogP contribution in [0.3, 0.4) is 0 Å². The highest BCUT2D eigenvalue weighted by molar-refractivity contribution is 5.65. The molecule has 0 saturated heterocycles. The van der Waals surface area contributed by atoms with Crippen molar-refractivity contribution in [1.29, 1.82) is 0 Å². The molecule has 1 aliphatic rings. The number of nitrogens with two attached hydrogens (primary N) is 1. The van der Waals surface area contributed by atoms with Gasteiger partial charge in [0.15, 0.2) is 5.82 Å². The van der Waals surface area contributed by atoms with E-state index in [-0.39, 0.29) is 0 Å². The van der Waals surface area contributed by atoms with E-state index in [1.54, 1.807) is 0 Å². The molecular formula is C12H14N4. The average molecular weight is 214 g/mol. The van der Waals surface area contributed by atoms with Crippen LogP contribution in [0.2, 0.25) is 0 Å². The fourth-order valence-electron chi connectivity index (χ4n) is 1.94. The highest BCUT2D eigenvalue weighted by Gasteiger charge is 2.26. The van der Waals surface area contributed by atoms with Crippen LogP contribution in [-0.4, -0.2) is 14.8 Å². The minimum Gasteiger partial charge on any atom is -0.399 e. The van der Waals surface area contributed by atoms with E-state index < -0.39 is 0 Å². The van der Waals surface area contributed by atoms with E-state index in [1.165, 1.54) is 18.4 Å². The van der Waals surface area contributed by atoms with Crippen LogP contribution in [0.4, 0.5) is 5.69 Å². The number of nitrogen functional groups attached to an aromatic ring is 1. The number of benzene rings is 1. The summed E-state index contributed by atoms with van der Waals surface area (Å²) in [5.74, 6) is 0.937. The third kappa shape index (κ3) is 1.46. The van der Waals surface area contributed by atoms with Crippen LogP contribution < -0.4 is 5.73 Å². The second kappa shape index (κ2) is 3.33. The molecule has 2 aromatic rings. The SMILES string of the molecule is Cc1ccc(N)cc1-c1nncn1C1CC1. The van der Waals surface area contributed by atoms with Gasteiger partial charge in [0.25, 0.3) is 0 Å². The van der Waals surface area contributed by atoms with E-state index in [2.05, 4.69) is 21.7 Å². The minimum atomic E-state index is 0.589. The predicted octanol–water partition coefficient (Wildman–Crippen LogP) is 2.17. The van der Waals surface area contributed by atoms with Crippen molar-refractivity contribution < 1.29 is 0 Å². The Bertz CT molecular complexity index is 526. The molecule has 1 aromatic carbocycles. The third-order valence-corrected chi connectivity index (χ3v) is 3.02. The lowest BCUT2D eigenvalue weighted by atomic mass is 10.1. The number of aromatic nitrogens is 3. The van der Waals surface area contributed by atoms with Crippen LogP contribution in [-0.2, 0) is 0 Å². The lowest BCUT2D eigenvalue weighted by Crippen LogP contribution is -1.98. The molecule has 1 saturated carbocycles. The number of anilines is 1. The van der Waals surface area contributed by atoms with Crippen molar-refractivity contribution in [2.45, 2.75) is 25.8 Å². The maximum Gasteiger partial charge on any atom is 0.164 e. The highest BCUT2D eigenvalue weighted by Crippen LogP contribution is 2.38. The zero-order valence-corrected chi connectivity index (χ0v) is 9.22. The van der Waals surface area contributed by atoms with Gasteiger partial charge in [-0.15, -0.1) is 10.2 Å². The van der Waals surface area contributed by atoms with Gasteiger partial charge < -0.3 is 10.3 Å². The fraction of sp³-hybridized carbons (Fsp3) is 0.333. The minimum absolute atomic E-state index is 0.589. The van der Waals surface area contributed by atoms with E-state index in [0.29, 0.717) is 6.04 Å². The summed E-state index contributed by atoms with van der Waals surface area (Å²) in [7, 11) is 0. The molecule has 0 radical (unpaired) electrons. The zero-order valence-electron chi connectivity index (χ0n) is 9.22. The first-order valence-corrected chi connectivity index (χ1v) is 5.52. The van der Waals surface area contributed by atoms with E-state index in [1.807, 2.05) is 24.5 Å². The van der Waals surface area contributed by atoms with Gasteiger partial charge in [0, 0.05) is 17.3 Å². The van der Waals surface area contributed by atoms with Crippen molar-refractivity contribution >= 4 is 5.69 Å². The van der Waals surface area contributed by atoms with E-state index in [9.17, 15) is 0 Å². The first kappa shape index (κ1) is 9.39. The summed E-state index contributed by atoms with van der Waals surface area (Å²) in [5.41, 5.74) is 8.86. The van der Waals surface area contributed by atoms with Crippen molar-refractivity contribution in [1.82, 2.24) is 14.8 Å². The van der Waals surface area contributed by atoms with Gasteiger partial charge in [-0.2, -0.15) is 0 Å². The van der Waals surface area contributed by atoms with Crippen LogP contribution in [0, 0.1) is 6.92 Å². The van der Waals surface area contributed by atoms with Crippen LogP contribution in [0.25, 0.3) is 11.4 Å². The predicted molar refractivity (Wildman–Crippen MR) is 62.9 cm³/mol. The largest absolute Gasteiger partial charge is 0.399 e. The van der Waals surface area contributed by atoms with Crippen LogP contribution >= 0.6 is 0 Å². The number of aryl methyl sites for hydroxylation is 1. The van der Waals surface area contributed by atoms with Crippen molar-refractivity contribution in [2.75, 3.05) is 5.73 Å². The van der Waals surface area contributed by atoms with Gasteiger partial charge in [0.1, 0.15) is 6.33 Å². The Hall–Kier alpha value is -1.84. The molecule has 0 atom stereocenters. The van der Waals surface area contributed by atoms with Gasteiger partial charge in [-0.1, -0.05) is 6.07 Å². The molecule has 16 heavy (non-hydrogen) atoms. The Balaban J connectivity index is 2.13. The normalized spacial score (nSPS) is 15.3. The van der Waals surface area contributed by atoms with Crippen molar-refractivity contribution in [3.63, 3.8) is 0 Å². The molecule has 82 valence electrons.